The van der Waals surface area contributed by atoms with Crippen molar-refractivity contribution in [1.29, 1.82) is 0 Å². The molecule has 0 saturated heterocycles. The molecule has 0 aliphatic carbocycles. The van der Waals surface area contributed by atoms with Gasteiger partial charge in [-0.1, -0.05) is 23.7 Å². The van der Waals surface area contributed by atoms with Crippen molar-refractivity contribution in [1.82, 2.24) is 0 Å². The zero-order valence-corrected chi connectivity index (χ0v) is 7.35. The Bertz CT molecular complexity index is 313. The summed E-state index contributed by atoms with van der Waals surface area (Å²) >= 11 is 5.84. The first kappa shape index (κ1) is 7.50. The van der Waals surface area contributed by atoms with Gasteiger partial charge in [-0.3, -0.25) is 0 Å². The number of para-hydroxylation sites is 2. The van der Waals surface area contributed by atoms with Gasteiger partial charge in [0.05, 0.1) is 5.69 Å². The summed E-state index contributed by atoms with van der Waals surface area (Å²) in [7, 11) is 0. The maximum Gasteiger partial charge on any atom is 0.150 e. The summed E-state index contributed by atoms with van der Waals surface area (Å²) in [6.45, 7) is 1.82. The number of anilines is 1. The number of hydrogen-bond donors (Lipinski definition) is 1. The van der Waals surface area contributed by atoms with Gasteiger partial charge in [0.25, 0.3) is 0 Å². The van der Waals surface area contributed by atoms with E-state index < -0.39 is 0 Å². The number of hydrogen-bond acceptors (Lipinski definition) is 2. The molecule has 1 aliphatic rings. The van der Waals surface area contributed by atoms with E-state index in [9.17, 15) is 0 Å². The fraction of sp³-hybridized carbons (Fsp3) is 0.111. The molecule has 1 aromatic rings. The lowest BCUT2D eigenvalue weighted by Crippen LogP contribution is -2.08. The van der Waals surface area contributed by atoms with Gasteiger partial charge in [0.2, 0.25) is 0 Å². The van der Waals surface area contributed by atoms with Crippen LogP contribution in [0.15, 0.2) is 35.2 Å². The van der Waals surface area contributed by atoms with Crippen LogP contribution >= 0.6 is 11.6 Å². The van der Waals surface area contributed by atoms with Crippen LogP contribution in [0.25, 0.3) is 0 Å². The average Bonchev–Trinajstić information content (AvgIpc) is 2.07. The monoisotopic (exact) mass is 181 g/mol. The van der Waals surface area contributed by atoms with Crippen molar-refractivity contribution in [2.24, 2.45) is 0 Å². The van der Waals surface area contributed by atoms with Gasteiger partial charge in [-0.15, -0.1) is 0 Å². The van der Waals surface area contributed by atoms with Gasteiger partial charge in [0, 0.05) is 0 Å². The minimum absolute atomic E-state index is 0.550. The summed E-state index contributed by atoms with van der Waals surface area (Å²) in [5, 5.41) is 3.58. The normalized spacial score (nSPS) is 14.8. The van der Waals surface area contributed by atoms with Gasteiger partial charge in [0.15, 0.2) is 5.75 Å². The minimum atomic E-state index is 0.550. The predicted octanol–water partition coefficient (Wildman–Crippen LogP) is 2.92. The summed E-state index contributed by atoms with van der Waals surface area (Å²) in [5.74, 6) is 1.52. The quantitative estimate of drug-likeness (QED) is 0.622. The Labute approximate surface area is 75.8 Å². The van der Waals surface area contributed by atoms with Crippen molar-refractivity contribution >= 4 is 17.3 Å². The Morgan fingerprint density at radius 3 is 2.92 bits per heavy atom. The summed E-state index contributed by atoms with van der Waals surface area (Å²) in [5.41, 5.74) is 0.910. The Morgan fingerprint density at radius 2 is 2.08 bits per heavy atom. The fourth-order valence-electron chi connectivity index (χ4n) is 1.07. The van der Waals surface area contributed by atoms with E-state index in [0.717, 1.165) is 11.4 Å². The number of nitrogens with one attached hydrogen (secondary N) is 1. The van der Waals surface area contributed by atoms with Gasteiger partial charge in [0.1, 0.15) is 10.9 Å². The highest BCUT2D eigenvalue weighted by Crippen LogP contribution is 2.32. The largest absolute Gasteiger partial charge is 0.457 e. The Morgan fingerprint density at radius 1 is 1.33 bits per heavy atom. The van der Waals surface area contributed by atoms with E-state index in [4.69, 9.17) is 16.3 Å². The van der Waals surface area contributed by atoms with E-state index in [1.54, 1.807) is 0 Å². The molecule has 62 valence electrons. The molecule has 0 spiro atoms. The van der Waals surface area contributed by atoms with E-state index in [2.05, 4.69) is 5.32 Å². The van der Waals surface area contributed by atoms with Crippen LogP contribution < -0.4 is 10.1 Å². The first-order chi connectivity index (χ1) is 5.77. The Balaban J connectivity index is 2.43. The van der Waals surface area contributed by atoms with Crippen molar-refractivity contribution in [3.63, 3.8) is 0 Å². The van der Waals surface area contributed by atoms with E-state index >= 15 is 0 Å². The molecule has 0 unspecified atom stereocenters. The number of fused-ring (bicyclic) bond motifs is 1. The number of allylic oxidation sites excluding steroid dienone is 1. The van der Waals surface area contributed by atoms with Crippen molar-refractivity contribution in [2.45, 2.75) is 6.92 Å². The van der Waals surface area contributed by atoms with Crippen LogP contribution in [0.4, 0.5) is 5.69 Å². The van der Waals surface area contributed by atoms with Crippen molar-refractivity contribution in [3.05, 3.63) is 35.2 Å². The molecule has 1 aromatic carbocycles. The van der Waals surface area contributed by atoms with Gasteiger partial charge in [-0.2, -0.15) is 0 Å². The molecule has 0 saturated carbocycles. The van der Waals surface area contributed by atoms with Crippen molar-refractivity contribution in [3.8, 4) is 5.75 Å². The van der Waals surface area contributed by atoms with Gasteiger partial charge >= 0.3 is 0 Å². The third-order valence-electron chi connectivity index (χ3n) is 1.70. The highest BCUT2D eigenvalue weighted by Gasteiger charge is 2.13. The van der Waals surface area contributed by atoms with Crippen LogP contribution in [-0.4, -0.2) is 0 Å². The second kappa shape index (κ2) is 2.72. The van der Waals surface area contributed by atoms with Crippen LogP contribution in [0.2, 0.25) is 0 Å². The molecule has 3 heteroatoms. The van der Waals surface area contributed by atoms with E-state index in [1.165, 1.54) is 0 Å². The molecule has 0 aromatic heterocycles. The van der Waals surface area contributed by atoms with Crippen LogP contribution in [0.3, 0.4) is 0 Å². The fourth-order valence-corrected chi connectivity index (χ4v) is 1.22. The minimum Gasteiger partial charge on any atom is -0.457 e. The van der Waals surface area contributed by atoms with Gasteiger partial charge < -0.3 is 10.1 Å². The number of halogens is 1. The molecule has 0 bridgehead atoms. The molecule has 0 amide bonds. The Hall–Kier alpha value is -1.15. The third-order valence-corrected chi connectivity index (χ3v) is 2.06. The molecular weight excluding hydrogens is 174 g/mol. The lowest BCUT2D eigenvalue weighted by Gasteiger charge is -2.19. The lowest BCUT2D eigenvalue weighted by molar-refractivity contribution is 0.421. The van der Waals surface area contributed by atoms with Crippen LogP contribution in [-0.2, 0) is 0 Å². The summed E-state index contributed by atoms with van der Waals surface area (Å²) < 4.78 is 5.43. The smallest absolute Gasteiger partial charge is 0.150 e. The first-order valence-electron chi connectivity index (χ1n) is 3.67. The molecule has 0 fully saturated rings. The predicted molar refractivity (Wildman–Crippen MR) is 49.2 cm³/mol. The number of rotatable bonds is 0. The van der Waals surface area contributed by atoms with Gasteiger partial charge in [-0.25, -0.2) is 0 Å². The highest BCUT2D eigenvalue weighted by atomic mass is 35.5. The van der Waals surface area contributed by atoms with E-state index in [0.29, 0.717) is 10.9 Å². The Kier molecular flexibility index (Phi) is 1.70. The molecule has 1 heterocycles. The maximum absolute atomic E-state index is 5.84. The molecule has 1 N–H and O–H groups in total. The molecule has 0 radical (unpaired) electrons. The standard InChI is InChI=1S/C9H8ClNO/c1-6-9(10)11-7-4-2-3-5-8(7)12-6/h2-5,11H,1H3. The van der Waals surface area contributed by atoms with E-state index in [1.807, 2.05) is 31.2 Å². The SMILES string of the molecule is CC1=C(Cl)Nc2ccccc2O1. The topological polar surface area (TPSA) is 21.3 Å². The van der Waals surface area contributed by atoms with Crippen LogP contribution in [0.5, 0.6) is 5.75 Å². The molecule has 12 heavy (non-hydrogen) atoms. The van der Waals surface area contributed by atoms with Crippen LogP contribution in [0.1, 0.15) is 6.92 Å². The number of benzene rings is 1. The van der Waals surface area contributed by atoms with E-state index in [-0.39, 0.29) is 0 Å². The van der Waals surface area contributed by atoms with Crippen molar-refractivity contribution in [2.75, 3.05) is 5.32 Å². The summed E-state index contributed by atoms with van der Waals surface area (Å²) in [6, 6.07) is 7.67. The van der Waals surface area contributed by atoms with Crippen LogP contribution in [0, 0.1) is 0 Å². The van der Waals surface area contributed by atoms with Crippen molar-refractivity contribution < 1.29 is 4.74 Å². The third kappa shape index (κ3) is 1.14. The summed E-state index contributed by atoms with van der Waals surface area (Å²) in [6.07, 6.45) is 0. The lowest BCUT2D eigenvalue weighted by atomic mass is 10.3. The second-order valence-corrected chi connectivity index (χ2v) is 2.97. The average molecular weight is 182 g/mol. The summed E-state index contributed by atoms with van der Waals surface area (Å²) in [4.78, 5) is 0. The molecule has 0 atom stereocenters. The molecule has 2 rings (SSSR count). The maximum atomic E-state index is 5.84. The number of ether oxygens (including phenoxy) is 1. The zero-order valence-electron chi connectivity index (χ0n) is 6.60. The first-order valence-corrected chi connectivity index (χ1v) is 4.05. The van der Waals surface area contributed by atoms with Gasteiger partial charge in [-0.05, 0) is 19.1 Å². The molecule has 2 nitrogen and oxygen atoms in total. The molecular formula is C9H8ClNO. The second-order valence-electron chi connectivity index (χ2n) is 2.59. The zero-order chi connectivity index (χ0) is 8.55. The highest BCUT2D eigenvalue weighted by molar-refractivity contribution is 6.31. The molecule has 1 aliphatic heterocycles.